The number of benzene rings is 1. The molecule has 3 heterocycles. The van der Waals surface area contributed by atoms with Crippen LogP contribution in [0.15, 0.2) is 35.7 Å². The Labute approximate surface area is 150 Å². The number of carbonyl (C=O) groups is 1. The number of aromatic nitrogens is 1. The number of anilines is 1. The molecule has 6 nitrogen and oxygen atoms in total. The topological polar surface area (TPSA) is 63.5 Å². The van der Waals surface area contributed by atoms with E-state index >= 15 is 0 Å². The summed E-state index contributed by atoms with van der Waals surface area (Å²) in [5.41, 5.74) is 1.97. The van der Waals surface area contributed by atoms with E-state index in [1.165, 1.54) is 11.3 Å². The van der Waals surface area contributed by atoms with Gasteiger partial charge in [0.25, 0.3) is 0 Å². The first-order valence-electron chi connectivity index (χ1n) is 8.50. The van der Waals surface area contributed by atoms with Crippen molar-refractivity contribution in [2.24, 2.45) is 0 Å². The Kier molecular flexibility index (Phi) is 4.28. The molecule has 0 saturated carbocycles. The van der Waals surface area contributed by atoms with E-state index in [1.807, 2.05) is 40.6 Å². The van der Waals surface area contributed by atoms with Crippen molar-refractivity contribution in [2.75, 3.05) is 31.1 Å². The zero-order valence-corrected chi connectivity index (χ0v) is 14.7. The third-order valence-electron chi connectivity index (χ3n) is 4.80. The number of amides is 2. The molecule has 25 heavy (non-hydrogen) atoms. The van der Waals surface area contributed by atoms with Gasteiger partial charge in [0.2, 0.25) is 0 Å². The normalized spacial score (nSPS) is 20.8. The zero-order valence-electron chi connectivity index (χ0n) is 13.8. The molecule has 1 atom stereocenters. The second-order valence-electron chi connectivity index (χ2n) is 6.35. The molecule has 0 aliphatic carbocycles. The van der Waals surface area contributed by atoms with E-state index in [9.17, 15) is 4.79 Å². The lowest BCUT2D eigenvalue weighted by molar-refractivity contribution is 0.172. The van der Waals surface area contributed by atoms with Crippen molar-refractivity contribution in [1.29, 1.82) is 5.26 Å². The molecule has 7 heteroatoms. The minimum absolute atomic E-state index is 0.0185. The summed E-state index contributed by atoms with van der Waals surface area (Å²) in [6.45, 7) is 2.84. The first-order valence-corrected chi connectivity index (χ1v) is 9.38. The van der Waals surface area contributed by atoms with Gasteiger partial charge < -0.3 is 9.80 Å². The summed E-state index contributed by atoms with van der Waals surface area (Å²) in [5.74, 6) is 0. The number of carbonyl (C=O) groups excluding carboxylic acids is 1. The number of hydrogen-bond donors (Lipinski definition) is 0. The average Bonchev–Trinajstić information content (AvgIpc) is 3.32. The van der Waals surface area contributed by atoms with Gasteiger partial charge in [0.15, 0.2) is 11.3 Å². The maximum atomic E-state index is 13.0. The Morgan fingerprint density at radius 3 is 2.80 bits per heavy atom. The lowest BCUT2D eigenvalue weighted by atomic mass is 10.2. The van der Waals surface area contributed by atoms with Gasteiger partial charge in [0.05, 0.1) is 11.7 Å². The molecule has 2 saturated heterocycles. The van der Waals surface area contributed by atoms with Gasteiger partial charge in [-0.3, -0.25) is 4.90 Å². The molecule has 4 rings (SSSR count). The Morgan fingerprint density at radius 2 is 2.04 bits per heavy atom. The van der Waals surface area contributed by atoms with Crippen molar-refractivity contribution in [3.05, 3.63) is 35.7 Å². The first kappa shape index (κ1) is 15.9. The Balaban J connectivity index is 1.52. The van der Waals surface area contributed by atoms with Gasteiger partial charge >= 0.3 is 6.03 Å². The monoisotopic (exact) mass is 353 g/mol. The molecular formula is C18H19N5OS. The van der Waals surface area contributed by atoms with Gasteiger partial charge in [0, 0.05) is 37.1 Å². The number of rotatable bonds is 3. The predicted octanol–water partition coefficient (Wildman–Crippen LogP) is 3.00. The summed E-state index contributed by atoms with van der Waals surface area (Å²) in [7, 11) is 0. The van der Waals surface area contributed by atoms with E-state index in [0.717, 1.165) is 42.3 Å². The highest BCUT2D eigenvalue weighted by Gasteiger charge is 2.36. The zero-order chi connectivity index (χ0) is 17.2. The molecule has 0 bridgehead atoms. The van der Waals surface area contributed by atoms with Crippen LogP contribution in [-0.2, 0) is 0 Å². The molecule has 0 spiro atoms. The Hall–Kier alpha value is -2.59. The van der Waals surface area contributed by atoms with Crippen LogP contribution < -0.4 is 4.90 Å². The lowest BCUT2D eigenvalue weighted by Gasteiger charge is -2.37. The summed E-state index contributed by atoms with van der Waals surface area (Å²) >= 11 is 1.51. The standard InChI is InChI=1S/C18H19N5OS/c19-13-21-10-7-15(11-21)22-8-4-9-23(18(22)24)17-20-16(12-25-17)14-5-2-1-3-6-14/h1-3,5-6,12,15H,4,7-11H2/t15-/m1/s1. The molecule has 128 valence electrons. The summed E-state index contributed by atoms with van der Waals surface area (Å²) < 4.78 is 0. The molecule has 2 fully saturated rings. The minimum atomic E-state index is 0.0185. The van der Waals surface area contributed by atoms with Crippen LogP contribution in [0.25, 0.3) is 11.3 Å². The SMILES string of the molecule is N#CN1CC[C@@H](N2CCCN(c3nc(-c4ccccc4)cs3)C2=O)C1. The van der Waals surface area contributed by atoms with Gasteiger partial charge in [-0.2, -0.15) is 5.26 Å². The molecule has 2 aliphatic heterocycles. The molecule has 0 unspecified atom stereocenters. The van der Waals surface area contributed by atoms with Crippen LogP contribution in [0.2, 0.25) is 0 Å². The maximum absolute atomic E-state index is 13.0. The molecule has 1 aromatic carbocycles. The van der Waals surface area contributed by atoms with Gasteiger partial charge in [-0.05, 0) is 12.8 Å². The van der Waals surface area contributed by atoms with Gasteiger partial charge in [-0.15, -0.1) is 11.3 Å². The van der Waals surface area contributed by atoms with Crippen molar-refractivity contribution in [3.8, 4) is 17.5 Å². The molecule has 2 aromatic rings. The number of thiazole rings is 1. The average molecular weight is 353 g/mol. The first-order chi connectivity index (χ1) is 12.3. The summed E-state index contributed by atoms with van der Waals surface area (Å²) in [6, 6.07) is 10.2. The summed E-state index contributed by atoms with van der Waals surface area (Å²) in [4.78, 5) is 23.1. The van der Waals surface area contributed by atoms with Crippen molar-refractivity contribution >= 4 is 22.5 Å². The molecule has 1 aromatic heterocycles. The molecular weight excluding hydrogens is 334 g/mol. The largest absolute Gasteiger partial charge is 0.326 e. The molecule has 2 aliphatic rings. The highest BCUT2D eigenvalue weighted by atomic mass is 32.1. The van der Waals surface area contributed by atoms with Crippen molar-refractivity contribution < 1.29 is 4.79 Å². The van der Waals surface area contributed by atoms with Crippen molar-refractivity contribution in [2.45, 2.75) is 18.9 Å². The third-order valence-corrected chi connectivity index (χ3v) is 5.66. The second-order valence-corrected chi connectivity index (χ2v) is 7.19. The van der Waals surface area contributed by atoms with Crippen LogP contribution in [0.4, 0.5) is 9.93 Å². The molecule has 2 amide bonds. The fourth-order valence-electron chi connectivity index (χ4n) is 3.48. The fraction of sp³-hybridized carbons (Fsp3) is 0.389. The smallest absolute Gasteiger partial charge is 0.319 e. The van der Waals surface area contributed by atoms with E-state index in [0.29, 0.717) is 13.1 Å². The number of nitrogens with zero attached hydrogens (tertiary/aromatic N) is 5. The van der Waals surface area contributed by atoms with Gasteiger partial charge in [-0.25, -0.2) is 9.78 Å². The summed E-state index contributed by atoms with van der Waals surface area (Å²) in [5, 5.41) is 11.8. The van der Waals surface area contributed by atoms with Crippen LogP contribution in [0.3, 0.4) is 0 Å². The number of likely N-dealkylation sites (tertiary alicyclic amines) is 1. The van der Waals surface area contributed by atoms with E-state index in [-0.39, 0.29) is 12.1 Å². The van der Waals surface area contributed by atoms with Crippen molar-refractivity contribution in [1.82, 2.24) is 14.8 Å². The van der Waals surface area contributed by atoms with Gasteiger partial charge in [-0.1, -0.05) is 30.3 Å². The van der Waals surface area contributed by atoms with Crippen LogP contribution in [0.5, 0.6) is 0 Å². The van der Waals surface area contributed by atoms with E-state index < -0.39 is 0 Å². The van der Waals surface area contributed by atoms with E-state index in [2.05, 4.69) is 11.2 Å². The predicted molar refractivity (Wildman–Crippen MR) is 97.2 cm³/mol. The highest BCUT2D eigenvalue weighted by molar-refractivity contribution is 7.14. The fourth-order valence-corrected chi connectivity index (χ4v) is 4.33. The van der Waals surface area contributed by atoms with Crippen LogP contribution in [0, 0.1) is 11.5 Å². The van der Waals surface area contributed by atoms with Crippen molar-refractivity contribution in [3.63, 3.8) is 0 Å². The van der Waals surface area contributed by atoms with Gasteiger partial charge in [0.1, 0.15) is 0 Å². The number of nitriles is 1. The van der Waals surface area contributed by atoms with E-state index in [4.69, 9.17) is 5.26 Å². The van der Waals surface area contributed by atoms with Crippen LogP contribution in [0.1, 0.15) is 12.8 Å². The minimum Gasteiger partial charge on any atom is -0.319 e. The maximum Gasteiger partial charge on any atom is 0.326 e. The second kappa shape index (κ2) is 6.73. The Bertz CT molecular complexity index is 799. The van der Waals surface area contributed by atoms with E-state index in [1.54, 1.807) is 9.80 Å². The summed E-state index contributed by atoms with van der Waals surface area (Å²) in [6.07, 6.45) is 3.97. The number of hydrogen-bond acceptors (Lipinski definition) is 5. The number of urea groups is 1. The molecule has 0 N–H and O–H groups in total. The van der Waals surface area contributed by atoms with Crippen LogP contribution in [-0.4, -0.2) is 53.0 Å². The lowest BCUT2D eigenvalue weighted by Crippen LogP contribution is -2.54. The quantitative estimate of drug-likeness (QED) is 0.796. The highest BCUT2D eigenvalue weighted by Crippen LogP contribution is 2.30. The van der Waals surface area contributed by atoms with Crippen LogP contribution >= 0.6 is 11.3 Å². The Morgan fingerprint density at radius 1 is 1.20 bits per heavy atom. The third kappa shape index (κ3) is 3.05. The molecule has 0 radical (unpaired) electrons.